The van der Waals surface area contributed by atoms with E-state index in [2.05, 4.69) is 33.2 Å². The van der Waals surface area contributed by atoms with Crippen LogP contribution in [0.2, 0.25) is 5.02 Å². The summed E-state index contributed by atoms with van der Waals surface area (Å²) in [5.74, 6) is -0.0922. The molecule has 0 radical (unpaired) electrons. The van der Waals surface area contributed by atoms with Crippen LogP contribution in [0.15, 0.2) is 42.0 Å². The number of methoxy groups -OCH3 is 1. The van der Waals surface area contributed by atoms with E-state index in [0.29, 0.717) is 22.1 Å². The quantitative estimate of drug-likeness (QED) is 0.269. The number of nitrogens with one attached hydrogen (secondary N) is 2. The zero-order chi connectivity index (χ0) is 20.3. The van der Waals surface area contributed by atoms with Gasteiger partial charge < -0.3 is 9.47 Å². The molecule has 28 heavy (non-hydrogen) atoms. The van der Waals surface area contributed by atoms with Gasteiger partial charge in [-0.2, -0.15) is 0 Å². The third kappa shape index (κ3) is 4.62. The third-order valence-corrected chi connectivity index (χ3v) is 5.21. The summed E-state index contributed by atoms with van der Waals surface area (Å²) < 4.78 is 12.1. The zero-order valence-electron chi connectivity index (χ0n) is 14.5. The van der Waals surface area contributed by atoms with Crippen LogP contribution in [0.25, 0.3) is 6.08 Å². The summed E-state index contributed by atoms with van der Waals surface area (Å²) in [7, 11) is 1.52. The summed E-state index contributed by atoms with van der Waals surface area (Å²) in [6.45, 7) is 0.273. The molecular formula is C19H14ClIN2O4S. The largest absolute Gasteiger partial charge is 0.493 e. The van der Waals surface area contributed by atoms with Gasteiger partial charge in [-0.15, -0.1) is 0 Å². The van der Waals surface area contributed by atoms with Crippen LogP contribution >= 0.6 is 46.4 Å². The Labute approximate surface area is 185 Å². The lowest BCUT2D eigenvalue weighted by Crippen LogP contribution is -2.51. The first-order valence-corrected chi connectivity index (χ1v) is 9.87. The van der Waals surface area contributed by atoms with E-state index in [9.17, 15) is 9.59 Å². The Kier molecular flexibility index (Phi) is 6.53. The Hall–Kier alpha value is -2.17. The van der Waals surface area contributed by atoms with Gasteiger partial charge in [0, 0.05) is 10.6 Å². The van der Waals surface area contributed by atoms with Crippen LogP contribution < -0.4 is 20.1 Å². The molecule has 2 aromatic rings. The first kappa shape index (κ1) is 20.6. The summed E-state index contributed by atoms with van der Waals surface area (Å²) in [4.78, 5) is 24.0. The highest BCUT2D eigenvalue weighted by Crippen LogP contribution is 2.35. The summed E-state index contributed by atoms with van der Waals surface area (Å²) in [5.41, 5.74) is 1.41. The third-order valence-electron chi connectivity index (χ3n) is 3.84. The number of carbonyl (C=O) groups is 2. The normalized spacial score (nSPS) is 13.7. The van der Waals surface area contributed by atoms with Crippen LogP contribution in [0.5, 0.6) is 11.5 Å². The van der Waals surface area contributed by atoms with Gasteiger partial charge in [0.25, 0.3) is 11.8 Å². The number of thiocarbonyl (C=S) groups is 1. The number of ether oxygens (including phenoxy) is 2. The highest BCUT2D eigenvalue weighted by molar-refractivity contribution is 14.1. The average Bonchev–Trinajstić information content (AvgIpc) is 2.64. The van der Waals surface area contributed by atoms with E-state index in [-0.39, 0.29) is 17.3 Å². The standard InChI is InChI=1S/C19H14ClIN2O4S/c1-26-15-8-10(6-12-17(24)22-19(28)23-18(12)25)7-14(21)16(15)27-9-11-4-2-3-5-13(11)20/h2-8H,9H2,1H3,(H2,22,23,24,25,28). The summed E-state index contributed by atoms with van der Waals surface area (Å²) in [6, 6.07) is 10.9. The minimum absolute atomic E-state index is 0.0115. The molecule has 2 N–H and O–H groups in total. The van der Waals surface area contributed by atoms with Crippen LogP contribution in [0.3, 0.4) is 0 Å². The van der Waals surface area contributed by atoms with E-state index < -0.39 is 11.8 Å². The van der Waals surface area contributed by atoms with Gasteiger partial charge in [0.05, 0.1) is 10.7 Å². The van der Waals surface area contributed by atoms with Gasteiger partial charge in [-0.1, -0.05) is 29.8 Å². The van der Waals surface area contributed by atoms with Gasteiger partial charge in [-0.25, -0.2) is 0 Å². The lowest BCUT2D eigenvalue weighted by atomic mass is 10.1. The van der Waals surface area contributed by atoms with Gasteiger partial charge in [0.1, 0.15) is 12.2 Å². The molecule has 0 atom stereocenters. The van der Waals surface area contributed by atoms with E-state index >= 15 is 0 Å². The van der Waals surface area contributed by atoms with Gasteiger partial charge in [-0.05, 0) is 64.6 Å². The molecule has 1 aliphatic heterocycles. The molecular weight excluding hydrogens is 515 g/mol. The van der Waals surface area contributed by atoms with E-state index in [0.717, 1.165) is 9.13 Å². The van der Waals surface area contributed by atoms with E-state index in [4.69, 9.17) is 33.3 Å². The Bertz CT molecular complexity index is 987. The van der Waals surface area contributed by atoms with Crippen molar-refractivity contribution in [2.75, 3.05) is 7.11 Å². The Morgan fingerprint density at radius 2 is 1.86 bits per heavy atom. The summed E-state index contributed by atoms with van der Waals surface area (Å²) >= 11 is 13.1. The van der Waals surface area contributed by atoms with Gasteiger partial charge >= 0.3 is 0 Å². The first-order chi connectivity index (χ1) is 13.4. The smallest absolute Gasteiger partial charge is 0.263 e. The van der Waals surface area contributed by atoms with Crippen LogP contribution in [-0.2, 0) is 16.2 Å². The molecule has 144 valence electrons. The van der Waals surface area contributed by atoms with Gasteiger partial charge in [-0.3, -0.25) is 20.2 Å². The second-order valence-electron chi connectivity index (χ2n) is 5.71. The van der Waals surface area contributed by atoms with Crippen molar-refractivity contribution in [3.8, 4) is 11.5 Å². The van der Waals surface area contributed by atoms with Crippen molar-refractivity contribution < 1.29 is 19.1 Å². The van der Waals surface area contributed by atoms with Crippen LogP contribution in [0.1, 0.15) is 11.1 Å². The van der Waals surface area contributed by atoms with E-state index in [1.54, 1.807) is 18.2 Å². The molecule has 2 amide bonds. The molecule has 0 spiro atoms. The molecule has 1 aliphatic rings. The van der Waals surface area contributed by atoms with Crippen molar-refractivity contribution in [3.63, 3.8) is 0 Å². The molecule has 0 aliphatic carbocycles. The maximum Gasteiger partial charge on any atom is 0.263 e. The number of hydrogen-bond acceptors (Lipinski definition) is 5. The molecule has 1 saturated heterocycles. The molecule has 9 heteroatoms. The molecule has 1 heterocycles. The summed E-state index contributed by atoms with van der Waals surface area (Å²) in [6.07, 6.45) is 1.47. The van der Waals surface area contributed by atoms with Crippen molar-refractivity contribution in [2.45, 2.75) is 6.61 Å². The number of amides is 2. The van der Waals surface area contributed by atoms with E-state index in [1.807, 2.05) is 18.2 Å². The SMILES string of the molecule is COc1cc(C=C2C(=O)NC(=S)NC2=O)cc(I)c1OCc1ccccc1Cl. The van der Waals surface area contributed by atoms with Crippen molar-refractivity contribution in [2.24, 2.45) is 0 Å². The fourth-order valence-corrected chi connectivity index (χ4v) is 3.66. The highest BCUT2D eigenvalue weighted by atomic mass is 127. The fourth-order valence-electron chi connectivity index (χ4n) is 2.50. The molecule has 3 rings (SSSR count). The minimum atomic E-state index is -0.554. The molecule has 6 nitrogen and oxygen atoms in total. The Balaban J connectivity index is 1.88. The zero-order valence-corrected chi connectivity index (χ0v) is 18.3. The maximum atomic E-state index is 12.0. The fraction of sp³-hybridized carbons (Fsp3) is 0.105. The molecule has 0 aromatic heterocycles. The topological polar surface area (TPSA) is 76.7 Å². The predicted octanol–water partition coefficient (Wildman–Crippen LogP) is 3.45. The van der Waals surface area contributed by atoms with Gasteiger partial charge in [0.2, 0.25) is 0 Å². The van der Waals surface area contributed by atoms with Crippen molar-refractivity contribution in [1.29, 1.82) is 0 Å². The number of hydrogen-bond donors (Lipinski definition) is 2. The first-order valence-electron chi connectivity index (χ1n) is 8.01. The molecule has 2 aromatic carbocycles. The lowest BCUT2D eigenvalue weighted by Gasteiger charge is -2.17. The average molecular weight is 529 g/mol. The van der Waals surface area contributed by atoms with Crippen molar-refractivity contribution in [1.82, 2.24) is 10.6 Å². The van der Waals surface area contributed by atoms with Crippen LogP contribution in [0.4, 0.5) is 0 Å². The van der Waals surface area contributed by atoms with Crippen LogP contribution in [0, 0.1) is 3.57 Å². The molecule has 0 unspecified atom stereocenters. The summed E-state index contributed by atoms with van der Waals surface area (Å²) in [5, 5.41) is 5.41. The van der Waals surface area contributed by atoms with Gasteiger partial charge in [0.15, 0.2) is 16.6 Å². The number of benzene rings is 2. The molecule has 1 fully saturated rings. The number of halogens is 2. The second-order valence-corrected chi connectivity index (χ2v) is 7.69. The highest BCUT2D eigenvalue weighted by Gasteiger charge is 2.26. The Morgan fingerprint density at radius 1 is 1.18 bits per heavy atom. The maximum absolute atomic E-state index is 12.0. The molecule has 0 bridgehead atoms. The predicted molar refractivity (Wildman–Crippen MR) is 118 cm³/mol. The number of carbonyl (C=O) groups excluding carboxylic acids is 2. The van der Waals surface area contributed by atoms with E-state index in [1.165, 1.54) is 13.2 Å². The Morgan fingerprint density at radius 3 is 2.50 bits per heavy atom. The monoisotopic (exact) mass is 528 g/mol. The number of rotatable bonds is 5. The second kappa shape index (κ2) is 8.89. The van der Waals surface area contributed by atoms with Crippen molar-refractivity contribution in [3.05, 3.63) is 61.7 Å². The minimum Gasteiger partial charge on any atom is -0.493 e. The van der Waals surface area contributed by atoms with Crippen molar-refractivity contribution >= 4 is 69.4 Å². The van der Waals surface area contributed by atoms with Crippen LogP contribution in [-0.4, -0.2) is 24.0 Å². The lowest BCUT2D eigenvalue weighted by molar-refractivity contribution is -0.123. The molecule has 0 saturated carbocycles.